The highest BCUT2D eigenvalue weighted by Gasteiger charge is 2.35. The normalized spacial score (nSPS) is 12.2. The van der Waals surface area contributed by atoms with E-state index in [1.165, 1.54) is 28.8 Å². The van der Waals surface area contributed by atoms with Crippen LogP contribution in [0.3, 0.4) is 0 Å². The van der Waals surface area contributed by atoms with Crippen LogP contribution in [-0.4, -0.2) is 32.1 Å². The van der Waals surface area contributed by atoms with Gasteiger partial charge < -0.3 is 9.47 Å². The zero-order valence-corrected chi connectivity index (χ0v) is 17.0. The van der Waals surface area contributed by atoms with E-state index in [-0.39, 0.29) is 24.5 Å². The molecule has 0 fully saturated rings. The standard InChI is InChI=1S/C21H14F6N4O3/c22-20(23,24)16-2-1-9-28-18(16)33-11-10-31-19(32)30-12-14(5-8-17(30)29-31)13-3-6-15(7-4-13)34-21(25,26)27/h1-9,12H,10-11H2. The van der Waals surface area contributed by atoms with Gasteiger partial charge >= 0.3 is 18.2 Å². The van der Waals surface area contributed by atoms with Gasteiger partial charge in [0.15, 0.2) is 5.65 Å². The molecule has 0 saturated carbocycles. The molecule has 0 atom stereocenters. The number of aromatic nitrogens is 4. The first-order chi connectivity index (χ1) is 16.0. The van der Waals surface area contributed by atoms with E-state index in [1.54, 1.807) is 6.07 Å². The summed E-state index contributed by atoms with van der Waals surface area (Å²) in [7, 11) is 0. The highest BCUT2D eigenvalue weighted by atomic mass is 19.4. The number of ether oxygens (including phenoxy) is 2. The van der Waals surface area contributed by atoms with Gasteiger partial charge in [0.1, 0.15) is 17.9 Å². The minimum absolute atomic E-state index is 0.146. The fourth-order valence-corrected chi connectivity index (χ4v) is 3.13. The largest absolute Gasteiger partial charge is 0.573 e. The minimum atomic E-state index is -4.81. The average Bonchev–Trinajstić information content (AvgIpc) is 3.08. The van der Waals surface area contributed by atoms with Gasteiger partial charge in [-0.2, -0.15) is 13.2 Å². The molecule has 0 saturated heterocycles. The maximum atomic E-state index is 13.0. The van der Waals surface area contributed by atoms with E-state index in [0.717, 1.165) is 35.1 Å². The second kappa shape index (κ2) is 8.72. The Morgan fingerprint density at radius 1 is 0.912 bits per heavy atom. The summed E-state index contributed by atoms with van der Waals surface area (Å²) in [6.45, 7) is -0.440. The zero-order chi connectivity index (χ0) is 24.5. The Kier molecular flexibility index (Phi) is 5.94. The quantitative estimate of drug-likeness (QED) is 0.376. The van der Waals surface area contributed by atoms with E-state index < -0.39 is 29.7 Å². The summed E-state index contributed by atoms with van der Waals surface area (Å²) in [4.78, 5) is 16.2. The Balaban J connectivity index is 1.50. The second-order valence-corrected chi connectivity index (χ2v) is 6.93. The summed E-state index contributed by atoms with van der Waals surface area (Å²) in [6.07, 6.45) is -6.85. The maximum absolute atomic E-state index is 13.0. The monoisotopic (exact) mass is 484 g/mol. The van der Waals surface area contributed by atoms with Crippen LogP contribution in [0.5, 0.6) is 11.6 Å². The number of benzene rings is 1. The van der Waals surface area contributed by atoms with Crippen molar-refractivity contribution < 1.29 is 35.8 Å². The highest BCUT2D eigenvalue weighted by molar-refractivity contribution is 5.65. The van der Waals surface area contributed by atoms with Gasteiger partial charge in [-0.05, 0) is 47.5 Å². The molecular formula is C21H14F6N4O3. The topological polar surface area (TPSA) is 70.7 Å². The summed E-state index contributed by atoms with van der Waals surface area (Å²) in [5.41, 5.74) is -0.302. The molecule has 0 unspecified atom stereocenters. The molecule has 0 N–H and O–H groups in total. The summed E-state index contributed by atoms with van der Waals surface area (Å²) >= 11 is 0. The number of fused-ring (bicyclic) bond motifs is 1. The highest BCUT2D eigenvalue weighted by Crippen LogP contribution is 2.34. The van der Waals surface area contributed by atoms with Gasteiger partial charge in [0, 0.05) is 12.4 Å². The van der Waals surface area contributed by atoms with Crippen molar-refractivity contribution in [1.29, 1.82) is 0 Å². The van der Waals surface area contributed by atoms with Crippen LogP contribution in [0.1, 0.15) is 5.56 Å². The summed E-state index contributed by atoms with van der Waals surface area (Å²) < 4.78 is 87.2. The Labute approximate surface area is 186 Å². The van der Waals surface area contributed by atoms with E-state index in [2.05, 4.69) is 14.8 Å². The van der Waals surface area contributed by atoms with Gasteiger partial charge in [0.25, 0.3) is 0 Å². The lowest BCUT2D eigenvalue weighted by Gasteiger charge is -2.12. The van der Waals surface area contributed by atoms with E-state index in [4.69, 9.17) is 4.74 Å². The predicted octanol–water partition coefficient (Wildman–Crippen LogP) is 4.55. The number of hydrogen-bond donors (Lipinski definition) is 0. The van der Waals surface area contributed by atoms with Gasteiger partial charge in [-0.3, -0.25) is 0 Å². The fourth-order valence-electron chi connectivity index (χ4n) is 3.13. The van der Waals surface area contributed by atoms with Gasteiger partial charge in [-0.15, -0.1) is 18.3 Å². The van der Waals surface area contributed by atoms with Crippen LogP contribution in [0.25, 0.3) is 16.8 Å². The lowest BCUT2D eigenvalue weighted by molar-refractivity contribution is -0.274. The molecule has 3 heterocycles. The molecule has 0 aliphatic carbocycles. The van der Waals surface area contributed by atoms with E-state index in [9.17, 15) is 31.1 Å². The molecule has 34 heavy (non-hydrogen) atoms. The SMILES string of the molecule is O=c1n(CCOc2ncccc2C(F)(F)F)nc2ccc(-c3ccc(OC(F)(F)F)cc3)cn12. The summed E-state index contributed by atoms with van der Waals surface area (Å²) in [6, 6.07) is 10.2. The van der Waals surface area contributed by atoms with E-state index in [1.807, 2.05) is 0 Å². The van der Waals surface area contributed by atoms with Crippen LogP contribution < -0.4 is 15.2 Å². The van der Waals surface area contributed by atoms with Crippen LogP contribution in [-0.2, 0) is 12.7 Å². The van der Waals surface area contributed by atoms with Crippen molar-refractivity contribution in [2.75, 3.05) is 6.61 Å². The third kappa shape index (κ3) is 5.13. The van der Waals surface area contributed by atoms with Crippen molar-refractivity contribution in [3.8, 4) is 22.8 Å². The number of rotatable bonds is 6. The van der Waals surface area contributed by atoms with Gasteiger partial charge in [0.05, 0.1) is 6.54 Å². The molecule has 3 aromatic heterocycles. The van der Waals surface area contributed by atoms with E-state index >= 15 is 0 Å². The Morgan fingerprint density at radius 2 is 1.62 bits per heavy atom. The average molecular weight is 484 g/mol. The van der Waals surface area contributed by atoms with Crippen LogP contribution in [0.2, 0.25) is 0 Å². The minimum Gasteiger partial charge on any atom is -0.475 e. The number of nitrogens with zero attached hydrogens (tertiary/aromatic N) is 4. The molecule has 7 nitrogen and oxygen atoms in total. The Hall–Kier alpha value is -4.03. The Bertz CT molecular complexity index is 1360. The van der Waals surface area contributed by atoms with Crippen LogP contribution >= 0.6 is 0 Å². The van der Waals surface area contributed by atoms with Crippen molar-refractivity contribution in [1.82, 2.24) is 19.2 Å². The van der Waals surface area contributed by atoms with Gasteiger partial charge in [-0.25, -0.2) is 18.9 Å². The van der Waals surface area contributed by atoms with Crippen LogP contribution in [0.4, 0.5) is 26.3 Å². The summed E-state index contributed by atoms with van der Waals surface area (Å²) in [5, 5.41) is 4.10. The van der Waals surface area contributed by atoms with Crippen molar-refractivity contribution in [2.45, 2.75) is 19.1 Å². The molecule has 0 amide bonds. The van der Waals surface area contributed by atoms with Crippen LogP contribution in [0.15, 0.2) is 65.7 Å². The third-order valence-corrected chi connectivity index (χ3v) is 4.62. The Morgan fingerprint density at radius 3 is 2.29 bits per heavy atom. The van der Waals surface area contributed by atoms with E-state index in [0.29, 0.717) is 11.1 Å². The first-order valence-corrected chi connectivity index (χ1v) is 9.62. The zero-order valence-electron chi connectivity index (χ0n) is 17.0. The number of hydrogen-bond acceptors (Lipinski definition) is 5. The van der Waals surface area contributed by atoms with Crippen LogP contribution in [0, 0.1) is 0 Å². The molecule has 0 aliphatic rings. The van der Waals surface area contributed by atoms with Gasteiger partial charge in [0.2, 0.25) is 5.88 Å². The molecule has 4 rings (SSSR count). The first kappa shape index (κ1) is 23.1. The smallest absolute Gasteiger partial charge is 0.475 e. The number of alkyl halides is 6. The van der Waals surface area contributed by atoms with Crippen molar-refractivity contribution in [2.24, 2.45) is 0 Å². The molecule has 0 spiro atoms. The lowest BCUT2D eigenvalue weighted by atomic mass is 10.1. The predicted molar refractivity (Wildman–Crippen MR) is 106 cm³/mol. The maximum Gasteiger partial charge on any atom is 0.573 e. The molecule has 1 aromatic carbocycles. The lowest BCUT2D eigenvalue weighted by Crippen LogP contribution is -2.24. The molecule has 0 radical (unpaired) electrons. The summed E-state index contributed by atoms with van der Waals surface area (Å²) in [5.74, 6) is -0.990. The third-order valence-electron chi connectivity index (χ3n) is 4.62. The molecule has 4 aromatic rings. The van der Waals surface area contributed by atoms with Crippen molar-refractivity contribution in [3.63, 3.8) is 0 Å². The fraction of sp³-hybridized carbons (Fsp3) is 0.190. The van der Waals surface area contributed by atoms with Gasteiger partial charge in [-0.1, -0.05) is 12.1 Å². The number of halogens is 6. The molecule has 13 heteroatoms. The second-order valence-electron chi connectivity index (χ2n) is 6.93. The number of pyridine rings is 2. The first-order valence-electron chi connectivity index (χ1n) is 9.62. The molecule has 0 aliphatic heterocycles. The van der Waals surface area contributed by atoms with Crippen molar-refractivity contribution in [3.05, 3.63) is 77.0 Å². The molecule has 0 bridgehead atoms. The molecule has 178 valence electrons. The van der Waals surface area contributed by atoms with Crippen molar-refractivity contribution >= 4 is 5.65 Å². The molecular weight excluding hydrogens is 470 g/mol.